The number of methoxy groups -OCH3 is 1. The summed E-state index contributed by atoms with van der Waals surface area (Å²) in [6, 6.07) is 9.95. The van der Waals surface area contributed by atoms with Crippen LogP contribution in [0.3, 0.4) is 0 Å². The minimum absolute atomic E-state index is 0.209. The van der Waals surface area contributed by atoms with Crippen molar-refractivity contribution in [1.82, 2.24) is 0 Å². The molecule has 1 nitrogen and oxygen atoms in total. The van der Waals surface area contributed by atoms with Crippen LogP contribution in [0.1, 0.15) is 16.0 Å². The third-order valence-electron chi connectivity index (χ3n) is 2.70. The molecule has 0 aliphatic rings. The van der Waals surface area contributed by atoms with E-state index < -0.39 is 5.82 Å². The number of hydrogen-bond acceptors (Lipinski definition) is 1. The first kappa shape index (κ1) is 14.6. The van der Waals surface area contributed by atoms with Gasteiger partial charge in [0.15, 0.2) is 11.6 Å². The van der Waals surface area contributed by atoms with Gasteiger partial charge in [0.05, 0.1) is 11.9 Å². The molecule has 0 aliphatic carbocycles. The molecule has 100 valence electrons. The molecule has 5 heteroatoms. The SMILES string of the molecule is COc1ccc(C(Br)c2cc(Cl)ccc2Cl)cc1F. The third-order valence-corrected chi connectivity index (χ3v) is 4.30. The van der Waals surface area contributed by atoms with Gasteiger partial charge in [-0.3, -0.25) is 0 Å². The lowest BCUT2D eigenvalue weighted by Gasteiger charge is -2.14. The molecule has 0 heterocycles. The normalized spacial score (nSPS) is 12.3. The molecule has 0 spiro atoms. The number of hydrogen-bond donors (Lipinski definition) is 0. The van der Waals surface area contributed by atoms with Crippen molar-refractivity contribution in [2.24, 2.45) is 0 Å². The monoisotopic (exact) mass is 362 g/mol. The summed E-state index contributed by atoms with van der Waals surface area (Å²) < 4.78 is 18.6. The van der Waals surface area contributed by atoms with Crippen LogP contribution in [0.25, 0.3) is 0 Å². The second kappa shape index (κ2) is 6.12. The highest BCUT2D eigenvalue weighted by Gasteiger charge is 2.16. The lowest BCUT2D eigenvalue weighted by Crippen LogP contribution is -1.96. The lowest BCUT2D eigenvalue weighted by molar-refractivity contribution is 0.386. The zero-order valence-electron chi connectivity index (χ0n) is 9.96. The van der Waals surface area contributed by atoms with Gasteiger partial charge in [-0.1, -0.05) is 45.2 Å². The Hall–Kier alpha value is -0.770. The summed E-state index contributed by atoms with van der Waals surface area (Å²) >= 11 is 15.6. The Kier molecular flexibility index (Phi) is 4.71. The second-order valence-corrected chi connectivity index (χ2v) is 5.68. The van der Waals surface area contributed by atoms with E-state index in [0.717, 1.165) is 11.1 Å². The van der Waals surface area contributed by atoms with E-state index in [1.165, 1.54) is 13.2 Å². The van der Waals surface area contributed by atoms with Gasteiger partial charge >= 0.3 is 0 Å². The Bertz CT molecular complexity index is 604. The molecule has 19 heavy (non-hydrogen) atoms. The van der Waals surface area contributed by atoms with Crippen molar-refractivity contribution in [3.05, 3.63) is 63.4 Å². The lowest BCUT2D eigenvalue weighted by atomic mass is 10.0. The fourth-order valence-electron chi connectivity index (χ4n) is 1.73. The van der Waals surface area contributed by atoms with E-state index >= 15 is 0 Å². The number of ether oxygens (including phenoxy) is 1. The van der Waals surface area contributed by atoms with E-state index in [-0.39, 0.29) is 10.6 Å². The maximum Gasteiger partial charge on any atom is 0.165 e. The largest absolute Gasteiger partial charge is 0.494 e. The Morgan fingerprint density at radius 1 is 1.16 bits per heavy atom. The summed E-state index contributed by atoms with van der Waals surface area (Å²) in [5.74, 6) is -0.205. The van der Waals surface area contributed by atoms with Crippen LogP contribution in [0.5, 0.6) is 5.75 Å². The standard InChI is InChI=1S/C14H10BrCl2FO/c1-19-13-5-2-8(6-12(13)18)14(15)10-7-9(16)3-4-11(10)17/h2-7,14H,1H3. The number of rotatable bonds is 3. The van der Waals surface area contributed by atoms with Crippen molar-refractivity contribution in [2.75, 3.05) is 7.11 Å². The van der Waals surface area contributed by atoms with Crippen LogP contribution in [0.4, 0.5) is 4.39 Å². The van der Waals surface area contributed by atoms with E-state index in [1.807, 2.05) is 0 Å². The van der Waals surface area contributed by atoms with Crippen LogP contribution >= 0.6 is 39.1 Å². The molecule has 0 bridgehead atoms. The molecule has 0 N–H and O–H groups in total. The van der Waals surface area contributed by atoms with Gasteiger partial charge in [0.1, 0.15) is 0 Å². The zero-order chi connectivity index (χ0) is 14.0. The van der Waals surface area contributed by atoms with Gasteiger partial charge in [0.25, 0.3) is 0 Å². The molecule has 0 radical (unpaired) electrons. The first-order valence-electron chi connectivity index (χ1n) is 5.45. The van der Waals surface area contributed by atoms with Gasteiger partial charge < -0.3 is 4.74 Å². The highest BCUT2D eigenvalue weighted by Crippen LogP contribution is 2.37. The van der Waals surface area contributed by atoms with E-state index in [0.29, 0.717) is 10.0 Å². The molecule has 2 aromatic carbocycles. The van der Waals surface area contributed by atoms with Crippen LogP contribution in [0.15, 0.2) is 36.4 Å². The van der Waals surface area contributed by atoms with Gasteiger partial charge in [-0.2, -0.15) is 0 Å². The Balaban J connectivity index is 2.41. The van der Waals surface area contributed by atoms with Crippen molar-refractivity contribution in [3.63, 3.8) is 0 Å². The first-order chi connectivity index (χ1) is 9.02. The number of alkyl halides is 1. The van der Waals surface area contributed by atoms with Crippen molar-refractivity contribution < 1.29 is 9.13 Å². The average molecular weight is 364 g/mol. The predicted octanol–water partition coefficient (Wildman–Crippen LogP) is 5.63. The van der Waals surface area contributed by atoms with Crippen molar-refractivity contribution in [3.8, 4) is 5.75 Å². The number of halogens is 4. The Morgan fingerprint density at radius 3 is 2.53 bits per heavy atom. The highest BCUT2D eigenvalue weighted by atomic mass is 79.9. The summed E-state index contributed by atoms with van der Waals surface area (Å²) in [4.78, 5) is -0.237. The molecule has 0 fully saturated rings. The van der Waals surface area contributed by atoms with Crippen molar-refractivity contribution in [1.29, 1.82) is 0 Å². The quantitative estimate of drug-likeness (QED) is 0.642. The molecule has 1 atom stereocenters. The molecule has 2 aromatic rings. The molecular weight excluding hydrogens is 354 g/mol. The van der Waals surface area contributed by atoms with Crippen LogP contribution in [-0.2, 0) is 0 Å². The summed E-state index contributed by atoms with van der Waals surface area (Å²) in [6.45, 7) is 0. The van der Waals surface area contributed by atoms with Gasteiger partial charge in [0.2, 0.25) is 0 Å². The van der Waals surface area contributed by atoms with Gasteiger partial charge in [-0.15, -0.1) is 0 Å². The summed E-state index contributed by atoms with van der Waals surface area (Å²) in [6.07, 6.45) is 0. The summed E-state index contributed by atoms with van der Waals surface area (Å²) in [5.41, 5.74) is 1.53. The predicted molar refractivity (Wildman–Crippen MR) is 80.2 cm³/mol. The summed E-state index contributed by atoms with van der Waals surface area (Å²) in [5, 5.41) is 1.15. The minimum Gasteiger partial charge on any atom is -0.494 e. The third kappa shape index (κ3) is 3.22. The van der Waals surface area contributed by atoms with E-state index in [4.69, 9.17) is 27.9 Å². The summed E-state index contributed by atoms with van der Waals surface area (Å²) in [7, 11) is 1.43. The van der Waals surface area contributed by atoms with Gasteiger partial charge in [-0.05, 0) is 41.5 Å². The Morgan fingerprint density at radius 2 is 1.89 bits per heavy atom. The molecule has 0 amide bonds. The molecule has 1 unspecified atom stereocenters. The van der Waals surface area contributed by atoms with Crippen LogP contribution < -0.4 is 4.74 Å². The van der Waals surface area contributed by atoms with E-state index in [1.54, 1.807) is 30.3 Å². The molecule has 0 saturated carbocycles. The smallest absolute Gasteiger partial charge is 0.165 e. The molecule has 0 aromatic heterocycles. The Labute approximate surface area is 129 Å². The molecule has 0 aliphatic heterocycles. The van der Waals surface area contributed by atoms with Gasteiger partial charge in [-0.25, -0.2) is 4.39 Å². The molecular formula is C14H10BrCl2FO. The van der Waals surface area contributed by atoms with Crippen molar-refractivity contribution >= 4 is 39.1 Å². The average Bonchev–Trinajstić information content (AvgIpc) is 2.40. The van der Waals surface area contributed by atoms with E-state index in [2.05, 4.69) is 15.9 Å². The topological polar surface area (TPSA) is 9.23 Å². The second-order valence-electron chi connectivity index (χ2n) is 3.92. The maximum atomic E-state index is 13.7. The van der Waals surface area contributed by atoms with Crippen molar-refractivity contribution in [2.45, 2.75) is 4.83 Å². The van der Waals surface area contributed by atoms with Gasteiger partial charge in [0, 0.05) is 10.0 Å². The fraction of sp³-hybridized carbons (Fsp3) is 0.143. The fourth-order valence-corrected chi connectivity index (χ4v) is 2.93. The highest BCUT2D eigenvalue weighted by molar-refractivity contribution is 9.09. The van der Waals surface area contributed by atoms with Crippen LogP contribution in [0, 0.1) is 5.82 Å². The van der Waals surface area contributed by atoms with E-state index in [9.17, 15) is 4.39 Å². The van der Waals surface area contributed by atoms with Crippen LogP contribution in [-0.4, -0.2) is 7.11 Å². The number of benzene rings is 2. The maximum absolute atomic E-state index is 13.7. The van der Waals surface area contributed by atoms with Crippen LogP contribution in [0.2, 0.25) is 10.0 Å². The molecule has 0 saturated heterocycles. The molecule has 2 rings (SSSR count). The first-order valence-corrected chi connectivity index (χ1v) is 7.12. The minimum atomic E-state index is -0.414. The zero-order valence-corrected chi connectivity index (χ0v) is 13.1.